The van der Waals surface area contributed by atoms with Gasteiger partial charge in [-0.15, -0.1) is 0 Å². The lowest BCUT2D eigenvalue weighted by Gasteiger charge is -2.37. The number of hydrogen-bond acceptors (Lipinski definition) is 17. The highest BCUT2D eigenvalue weighted by Crippen LogP contribution is 2.51. The predicted molar refractivity (Wildman–Crippen MR) is 272 cm³/mol. The molecule has 0 radical (unpaired) electrons. The number of nitrogens with zero attached hydrogens (tertiary/aromatic N) is 6. The average Bonchev–Trinajstić information content (AvgIpc) is 4.19. The van der Waals surface area contributed by atoms with Crippen molar-refractivity contribution in [1.29, 1.82) is 0 Å². The molecule has 74 heavy (non-hydrogen) atoms. The Kier molecular flexibility index (Phi) is 15.2. The maximum Gasteiger partial charge on any atom is 0.324 e. The van der Waals surface area contributed by atoms with Gasteiger partial charge in [0.1, 0.15) is 41.8 Å². The van der Waals surface area contributed by atoms with Crippen LogP contribution in [0.15, 0.2) is 101 Å². The van der Waals surface area contributed by atoms with Gasteiger partial charge in [0.2, 0.25) is 23.7 Å². The van der Waals surface area contributed by atoms with E-state index in [1.807, 2.05) is 78.9 Å². The molecular formula is C49H55N10O13PS. The number of carbonyl (C=O) groups excluding carboxylic acids is 2. The molecule has 9 rings (SSSR count). The van der Waals surface area contributed by atoms with E-state index in [0.717, 1.165) is 16.7 Å². The summed E-state index contributed by atoms with van der Waals surface area (Å²) in [6.07, 6.45) is -3.35. The molecule has 23 nitrogen and oxygen atoms in total. The third-order valence-corrected chi connectivity index (χ3v) is 14.3. The number of aromatic amines is 2. The van der Waals surface area contributed by atoms with Crippen molar-refractivity contribution in [3.63, 3.8) is 0 Å². The van der Waals surface area contributed by atoms with Crippen LogP contribution in [0.3, 0.4) is 0 Å². The van der Waals surface area contributed by atoms with Crippen LogP contribution in [-0.4, -0.2) is 113 Å². The number of nitrogens with one attached hydrogen (secondary N) is 4. The van der Waals surface area contributed by atoms with E-state index in [9.17, 15) is 29.2 Å². The highest BCUT2D eigenvalue weighted by molar-refractivity contribution is 8.07. The summed E-state index contributed by atoms with van der Waals surface area (Å²) in [7, 11) is 3.16. The number of fused-ring (bicyclic) bond motifs is 2. The second kappa shape index (κ2) is 21.6. The van der Waals surface area contributed by atoms with Crippen LogP contribution >= 0.6 is 6.72 Å². The highest BCUT2D eigenvalue weighted by atomic mass is 32.5. The first-order valence-electron chi connectivity index (χ1n) is 23.7. The Bertz CT molecular complexity index is 3270. The van der Waals surface area contributed by atoms with Gasteiger partial charge in [-0.05, 0) is 52.8 Å². The van der Waals surface area contributed by atoms with Gasteiger partial charge in [-0.2, -0.15) is 9.97 Å². The SMILES string of the molecule is COc1ccc(C(OC[C@H]2O[C@@H](n3cnc4c(=O)[nH]c(NC(=O)C(C)C)nc43)C[C@@H]2OP(O)(=S)OC[C@H]2O[C@@H](n3cnc4c(=O)[nH]c(NC(=O)C(C)C)nc43)C[C@@H]2O)(c2ccccc2)c2ccc(OC)cc2)cc1. The number of aromatic nitrogens is 8. The van der Waals surface area contributed by atoms with Crippen molar-refractivity contribution in [2.45, 2.75) is 83.0 Å². The summed E-state index contributed by atoms with van der Waals surface area (Å²) in [5.74, 6) is -0.464. The summed E-state index contributed by atoms with van der Waals surface area (Å²) >= 11 is 5.66. The molecule has 2 fully saturated rings. The minimum Gasteiger partial charge on any atom is -0.497 e. The second-order valence-corrected chi connectivity index (χ2v) is 21.1. The van der Waals surface area contributed by atoms with E-state index in [-0.39, 0.29) is 71.4 Å². The van der Waals surface area contributed by atoms with Crippen LogP contribution in [0.25, 0.3) is 22.3 Å². The predicted octanol–water partition coefficient (Wildman–Crippen LogP) is 5.02. The van der Waals surface area contributed by atoms with Crippen LogP contribution in [-0.2, 0) is 50.3 Å². The third-order valence-electron chi connectivity index (χ3n) is 12.7. The fourth-order valence-corrected chi connectivity index (χ4v) is 10.2. The molecule has 25 heteroatoms. The van der Waals surface area contributed by atoms with Gasteiger partial charge >= 0.3 is 6.72 Å². The highest BCUT2D eigenvalue weighted by Gasteiger charge is 2.46. The molecule has 0 bridgehead atoms. The number of imidazole rings is 2. The Morgan fingerprint density at radius 3 is 1.70 bits per heavy atom. The topological polar surface area (TPSA) is 290 Å². The molecule has 7 atom stereocenters. The Balaban J connectivity index is 1.01. The number of carbonyl (C=O) groups is 2. The number of H-pyrrole nitrogens is 2. The third kappa shape index (κ3) is 10.8. The Morgan fingerprint density at radius 1 is 0.743 bits per heavy atom. The molecule has 2 saturated heterocycles. The number of amides is 2. The molecule has 0 spiro atoms. The lowest BCUT2D eigenvalue weighted by molar-refractivity contribution is -0.119. The molecule has 2 aliphatic heterocycles. The van der Waals surface area contributed by atoms with Crippen LogP contribution in [0.4, 0.5) is 11.9 Å². The summed E-state index contributed by atoms with van der Waals surface area (Å²) < 4.78 is 46.5. The van der Waals surface area contributed by atoms with Crippen LogP contribution in [0.1, 0.15) is 69.7 Å². The second-order valence-electron chi connectivity index (χ2n) is 18.3. The summed E-state index contributed by atoms with van der Waals surface area (Å²) in [4.78, 5) is 85.6. The van der Waals surface area contributed by atoms with Crippen molar-refractivity contribution in [3.8, 4) is 11.5 Å². The summed E-state index contributed by atoms with van der Waals surface area (Å²) in [6.45, 7) is 1.93. The Labute approximate surface area is 427 Å². The van der Waals surface area contributed by atoms with Gasteiger partial charge in [0.15, 0.2) is 22.3 Å². The molecule has 0 aliphatic carbocycles. The van der Waals surface area contributed by atoms with Crippen molar-refractivity contribution < 1.29 is 52.3 Å². The van der Waals surface area contributed by atoms with Gasteiger partial charge in [-0.25, -0.2) is 9.97 Å². The van der Waals surface area contributed by atoms with Crippen molar-refractivity contribution in [1.82, 2.24) is 39.0 Å². The normalized spacial score (nSPS) is 20.8. The van der Waals surface area contributed by atoms with Crippen molar-refractivity contribution in [2.24, 2.45) is 11.8 Å². The van der Waals surface area contributed by atoms with E-state index in [1.54, 1.807) is 41.9 Å². The van der Waals surface area contributed by atoms with Crippen LogP contribution in [0.2, 0.25) is 0 Å². The summed E-state index contributed by atoms with van der Waals surface area (Å²) in [5, 5.41) is 16.4. The number of benzene rings is 3. The number of anilines is 2. The molecular weight excluding hydrogens is 1000 g/mol. The van der Waals surface area contributed by atoms with Crippen LogP contribution < -0.4 is 31.2 Å². The standard InChI is InChI=1S/C49H55N10O13PS/c1-26(2)43(61)54-47-52-41-39(45(63)56-47)50-24-58(41)37-20-33(60)35(70-37)23-69-73(65,74)72-34-21-38(59-25-51-40-42(59)53-48(57-46(40)64)55-44(62)27(3)4)71-36(34)22-68-49(28-10-8-7-9-11-28,29-12-16-31(66-5)17-13-29)30-14-18-32(67-6)19-15-30/h7-19,24-27,33-38,60H,20-23H2,1-6H3,(H,65,74)(H2,52,54,56,61,63)(H2,53,55,57,62,64)/t33-,34-,35+,36+,37+,38+,73?/m0/s1. The fourth-order valence-electron chi connectivity index (χ4n) is 8.73. The summed E-state index contributed by atoms with van der Waals surface area (Å²) in [5.41, 5.74) is -0.121. The molecule has 4 aromatic heterocycles. The Morgan fingerprint density at radius 2 is 1.22 bits per heavy atom. The van der Waals surface area contributed by atoms with E-state index in [0.29, 0.717) is 11.5 Å². The zero-order valence-corrected chi connectivity index (χ0v) is 42.7. The number of hydrogen-bond donors (Lipinski definition) is 6. The van der Waals surface area contributed by atoms with Crippen molar-refractivity contribution >= 4 is 64.6 Å². The molecule has 2 amide bonds. The van der Waals surface area contributed by atoms with E-state index in [2.05, 4.69) is 40.5 Å². The first-order valence-corrected chi connectivity index (χ1v) is 26.2. The van der Waals surface area contributed by atoms with Gasteiger partial charge in [-0.3, -0.25) is 48.9 Å². The van der Waals surface area contributed by atoms with E-state index in [1.165, 1.54) is 21.8 Å². The lowest BCUT2D eigenvalue weighted by atomic mass is 9.80. The number of ether oxygens (including phenoxy) is 5. The molecule has 2 aliphatic rings. The Hall–Kier alpha value is -6.73. The maximum absolute atomic E-state index is 13.3. The van der Waals surface area contributed by atoms with Gasteiger partial charge < -0.3 is 42.7 Å². The first-order chi connectivity index (χ1) is 35.5. The smallest absolute Gasteiger partial charge is 0.324 e. The molecule has 3 aromatic carbocycles. The van der Waals surface area contributed by atoms with E-state index in [4.69, 9.17) is 44.5 Å². The molecule has 6 heterocycles. The molecule has 6 N–H and O–H groups in total. The quantitative estimate of drug-likeness (QED) is 0.0458. The minimum absolute atomic E-state index is 0.00254. The van der Waals surface area contributed by atoms with Gasteiger partial charge in [0.05, 0.1) is 52.3 Å². The van der Waals surface area contributed by atoms with Gasteiger partial charge in [-0.1, -0.05) is 82.3 Å². The van der Waals surface area contributed by atoms with Crippen LogP contribution in [0.5, 0.6) is 11.5 Å². The summed E-state index contributed by atoms with van der Waals surface area (Å²) in [6, 6.07) is 24.5. The maximum atomic E-state index is 13.3. The van der Waals surface area contributed by atoms with Crippen molar-refractivity contribution in [3.05, 3.63) is 129 Å². The molecule has 1 unspecified atom stereocenters. The van der Waals surface area contributed by atoms with E-state index >= 15 is 0 Å². The number of aliphatic hydroxyl groups is 1. The minimum atomic E-state index is -4.24. The van der Waals surface area contributed by atoms with Crippen LogP contribution in [0, 0.1) is 11.8 Å². The first kappa shape index (κ1) is 52.1. The van der Waals surface area contributed by atoms with E-state index < -0.39 is 72.8 Å². The zero-order chi connectivity index (χ0) is 52.5. The van der Waals surface area contributed by atoms with Gasteiger partial charge in [0.25, 0.3) is 11.1 Å². The molecule has 390 valence electrons. The fraction of sp³-hybridized carbons (Fsp3) is 0.388. The lowest BCUT2D eigenvalue weighted by Crippen LogP contribution is -2.38. The number of aliphatic hydroxyl groups excluding tert-OH is 1. The average molecular weight is 1060 g/mol. The van der Waals surface area contributed by atoms with Gasteiger partial charge in [0, 0.05) is 24.7 Å². The van der Waals surface area contributed by atoms with Crippen molar-refractivity contribution in [2.75, 3.05) is 38.1 Å². The number of rotatable bonds is 19. The largest absolute Gasteiger partial charge is 0.497 e. The zero-order valence-electron chi connectivity index (χ0n) is 41.0. The monoisotopic (exact) mass is 1050 g/mol. The molecule has 7 aromatic rings. The molecule has 0 saturated carbocycles. The number of methoxy groups -OCH3 is 2.